The summed E-state index contributed by atoms with van der Waals surface area (Å²) in [6.07, 6.45) is 0.909. The standard InChI is InChI=1S/C20H27BrOSi/c1-14-7-10-18(21)12-16(14)11-15-8-9-17(20(2,3)4)13-19(15)22-23(5)6/h7-10,12-13,23H,11H2,1-6H3. The minimum absolute atomic E-state index is 0.140. The van der Waals surface area contributed by atoms with Gasteiger partial charge in [-0.3, -0.25) is 0 Å². The van der Waals surface area contributed by atoms with Crippen molar-refractivity contribution in [1.82, 2.24) is 0 Å². The van der Waals surface area contributed by atoms with Gasteiger partial charge >= 0.3 is 0 Å². The normalized spacial score (nSPS) is 11.8. The van der Waals surface area contributed by atoms with Gasteiger partial charge in [-0.05, 0) is 65.9 Å². The first-order chi connectivity index (χ1) is 10.7. The first kappa shape index (κ1) is 18.3. The number of rotatable bonds is 4. The van der Waals surface area contributed by atoms with Gasteiger partial charge < -0.3 is 4.43 Å². The van der Waals surface area contributed by atoms with Gasteiger partial charge in [-0.25, -0.2) is 0 Å². The molecule has 0 fully saturated rings. The number of hydrogen-bond donors (Lipinski definition) is 0. The van der Waals surface area contributed by atoms with Gasteiger partial charge in [-0.15, -0.1) is 0 Å². The average molecular weight is 391 g/mol. The lowest BCUT2D eigenvalue weighted by atomic mass is 9.86. The van der Waals surface area contributed by atoms with Crippen LogP contribution in [0.15, 0.2) is 40.9 Å². The van der Waals surface area contributed by atoms with Crippen molar-refractivity contribution in [3.05, 3.63) is 63.1 Å². The van der Waals surface area contributed by atoms with E-state index in [2.05, 4.69) is 93.1 Å². The second-order valence-corrected chi connectivity index (χ2v) is 10.7. The number of hydrogen-bond acceptors (Lipinski definition) is 1. The summed E-state index contributed by atoms with van der Waals surface area (Å²) in [5.74, 6) is 1.07. The van der Waals surface area contributed by atoms with E-state index in [0.717, 1.165) is 16.6 Å². The maximum absolute atomic E-state index is 6.25. The summed E-state index contributed by atoms with van der Waals surface area (Å²) in [4.78, 5) is 0. The number of halogens is 1. The highest BCUT2D eigenvalue weighted by atomic mass is 79.9. The zero-order valence-corrected chi connectivity index (χ0v) is 17.8. The van der Waals surface area contributed by atoms with E-state index in [0.29, 0.717) is 0 Å². The molecule has 0 amide bonds. The fourth-order valence-electron chi connectivity index (χ4n) is 2.57. The largest absolute Gasteiger partial charge is 0.547 e. The van der Waals surface area contributed by atoms with Crippen molar-refractivity contribution < 1.29 is 4.43 Å². The Kier molecular flexibility index (Phi) is 5.74. The van der Waals surface area contributed by atoms with E-state index in [1.54, 1.807) is 0 Å². The van der Waals surface area contributed by atoms with E-state index >= 15 is 0 Å². The summed E-state index contributed by atoms with van der Waals surface area (Å²) in [5.41, 5.74) is 5.41. The number of aryl methyl sites for hydroxylation is 1. The summed E-state index contributed by atoms with van der Waals surface area (Å²) in [6, 6.07) is 13.2. The molecule has 0 spiro atoms. The highest BCUT2D eigenvalue weighted by Gasteiger charge is 2.17. The van der Waals surface area contributed by atoms with Crippen molar-refractivity contribution >= 4 is 25.0 Å². The summed E-state index contributed by atoms with van der Waals surface area (Å²) >= 11 is 3.58. The Bertz CT molecular complexity index is 687. The minimum atomic E-state index is -1.14. The SMILES string of the molecule is Cc1ccc(Br)cc1Cc1ccc(C(C)(C)C)cc1O[SiH](C)C. The van der Waals surface area contributed by atoms with Gasteiger partial charge in [0.25, 0.3) is 0 Å². The van der Waals surface area contributed by atoms with E-state index in [4.69, 9.17) is 4.43 Å². The Morgan fingerprint density at radius 1 is 1.00 bits per heavy atom. The Labute approximate surface area is 150 Å². The Balaban J connectivity index is 2.42. The fourth-order valence-corrected chi connectivity index (χ4v) is 3.70. The van der Waals surface area contributed by atoms with Crippen LogP contribution in [0.3, 0.4) is 0 Å². The predicted molar refractivity (Wildman–Crippen MR) is 106 cm³/mol. The van der Waals surface area contributed by atoms with Crippen LogP contribution in [0.1, 0.15) is 43.0 Å². The van der Waals surface area contributed by atoms with E-state index in [9.17, 15) is 0 Å². The minimum Gasteiger partial charge on any atom is -0.547 e. The van der Waals surface area contributed by atoms with E-state index in [-0.39, 0.29) is 5.41 Å². The molecule has 2 rings (SSSR count). The number of benzene rings is 2. The van der Waals surface area contributed by atoms with Crippen LogP contribution < -0.4 is 4.43 Å². The molecule has 1 nitrogen and oxygen atoms in total. The zero-order chi connectivity index (χ0) is 17.2. The topological polar surface area (TPSA) is 9.23 Å². The molecule has 0 bridgehead atoms. The van der Waals surface area contributed by atoms with Gasteiger partial charge in [0.05, 0.1) is 0 Å². The smallest absolute Gasteiger partial charge is 0.229 e. The van der Waals surface area contributed by atoms with Crippen molar-refractivity contribution in [2.75, 3.05) is 0 Å². The van der Waals surface area contributed by atoms with Crippen LogP contribution in [-0.4, -0.2) is 9.04 Å². The molecular weight excluding hydrogens is 364 g/mol. The van der Waals surface area contributed by atoms with Crippen LogP contribution in [0.2, 0.25) is 13.1 Å². The molecule has 0 atom stereocenters. The summed E-state index contributed by atoms with van der Waals surface area (Å²) in [5, 5.41) is 0. The van der Waals surface area contributed by atoms with Crippen molar-refractivity contribution in [3.63, 3.8) is 0 Å². The lowest BCUT2D eigenvalue weighted by Crippen LogP contribution is -2.16. The van der Waals surface area contributed by atoms with Crippen LogP contribution in [0.5, 0.6) is 5.75 Å². The van der Waals surface area contributed by atoms with Crippen molar-refractivity contribution in [2.45, 2.75) is 52.6 Å². The molecule has 2 aromatic rings. The molecule has 0 aromatic heterocycles. The Hall–Kier alpha value is -1.06. The molecule has 0 unspecified atom stereocenters. The van der Waals surface area contributed by atoms with Crippen LogP contribution in [-0.2, 0) is 11.8 Å². The molecule has 0 aliphatic carbocycles. The maximum atomic E-state index is 6.25. The third-order valence-electron chi connectivity index (χ3n) is 3.99. The molecule has 0 radical (unpaired) electrons. The lowest BCUT2D eigenvalue weighted by molar-refractivity contribution is 0.555. The van der Waals surface area contributed by atoms with Gasteiger partial charge in [0.2, 0.25) is 9.04 Å². The first-order valence-corrected chi connectivity index (χ1v) is 11.8. The van der Waals surface area contributed by atoms with E-state index in [1.807, 2.05) is 0 Å². The van der Waals surface area contributed by atoms with E-state index in [1.165, 1.54) is 22.3 Å². The lowest BCUT2D eigenvalue weighted by Gasteiger charge is -2.23. The Morgan fingerprint density at radius 2 is 1.70 bits per heavy atom. The second kappa shape index (κ2) is 7.23. The Morgan fingerprint density at radius 3 is 2.30 bits per heavy atom. The molecule has 0 saturated heterocycles. The molecule has 0 aliphatic rings. The van der Waals surface area contributed by atoms with Gasteiger partial charge in [-0.2, -0.15) is 0 Å². The third-order valence-corrected chi connectivity index (χ3v) is 5.21. The third kappa shape index (κ3) is 4.95. The van der Waals surface area contributed by atoms with Crippen molar-refractivity contribution in [2.24, 2.45) is 0 Å². The molecule has 2 aromatic carbocycles. The van der Waals surface area contributed by atoms with Gasteiger partial charge in [-0.1, -0.05) is 54.9 Å². The fraction of sp³-hybridized carbons (Fsp3) is 0.400. The van der Waals surface area contributed by atoms with Crippen LogP contribution >= 0.6 is 15.9 Å². The predicted octanol–water partition coefficient (Wildman–Crippen LogP) is 6.01. The van der Waals surface area contributed by atoms with Crippen LogP contribution in [0.4, 0.5) is 0 Å². The van der Waals surface area contributed by atoms with E-state index < -0.39 is 9.04 Å². The first-order valence-electron chi connectivity index (χ1n) is 8.22. The highest BCUT2D eigenvalue weighted by molar-refractivity contribution is 9.10. The zero-order valence-electron chi connectivity index (χ0n) is 15.0. The molecular formula is C20H27BrOSi. The summed E-state index contributed by atoms with van der Waals surface area (Å²) in [7, 11) is -1.14. The average Bonchev–Trinajstić information content (AvgIpc) is 2.43. The molecule has 0 N–H and O–H groups in total. The second-order valence-electron chi connectivity index (χ2n) is 7.49. The monoisotopic (exact) mass is 390 g/mol. The van der Waals surface area contributed by atoms with Gasteiger partial charge in [0.1, 0.15) is 5.75 Å². The van der Waals surface area contributed by atoms with Crippen molar-refractivity contribution in [3.8, 4) is 5.75 Å². The van der Waals surface area contributed by atoms with Crippen LogP contribution in [0.25, 0.3) is 0 Å². The highest BCUT2D eigenvalue weighted by Crippen LogP contribution is 2.31. The molecule has 3 heteroatoms. The molecule has 0 aliphatic heterocycles. The summed E-state index contributed by atoms with van der Waals surface area (Å²) < 4.78 is 7.38. The molecule has 23 heavy (non-hydrogen) atoms. The maximum Gasteiger partial charge on any atom is 0.229 e. The quantitative estimate of drug-likeness (QED) is 0.580. The molecule has 0 saturated carbocycles. The van der Waals surface area contributed by atoms with Crippen molar-refractivity contribution in [1.29, 1.82) is 0 Å². The van der Waals surface area contributed by atoms with Crippen LogP contribution in [0, 0.1) is 6.92 Å². The molecule has 0 heterocycles. The summed E-state index contributed by atoms with van der Waals surface area (Å²) in [6.45, 7) is 13.4. The van der Waals surface area contributed by atoms with Gasteiger partial charge in [0.15, 0.2) is 0 Å². The molecule has 124 valence electrons. The van der Waals surface area contributed by atoms with Gasteiger partial charge in [0, 0.05) is 10.9 Å².